The molecule has 3 unspecified atom stereocenters. The lowest BCUT2D eigenvalue weighted by Crippen LogP contribution is -2.40. The number of nitrogens with zero attached hydrogens (tertiary/aromatic N) is 2. The van der Waals surface area contributed by atoms with E-state index in [-0.39, 0.29) is 0 Å². The second-order valence-electron chi connectivity index (χ2n) is 5.24. The summed E-state index contributed by atoms with van der Waals surface area (Å²) >= 11 is 0. The molecule has 0 radical (unpaired) electrons. The largest absolute Gasteiger partial charge is 0.383 e. The SMILES string of the molecule is CCn1nccc1C1(O)CC(C)CCC1C. The van der Waals surface area contributed by atoms with Crippen molar-refractivity contribution < 1.29 is 5.11 Å². The smallest absolute Gasteiger partial charge is 0.109 e. The summed E-state index contributed by atoms with van der Waals surface area (Å²) in [6.07, 6.45) is 4.99. The maximum Gasteiger partial charge on any atom is 0.109 e. The van der Waals surface area contributed by atoms with Crippen molar-refractivity contribution in [3.8, 4) is 0 Å². The first-order chi connectivity index (χ1) is 7.58. The zero-order valence-corrected chi connectivity index (χ0v) is 10.5. The third kappa shape index (κ3) is 1.77. The van der Waals surface area contributed by atoms with Gasteiger partial charge in [-0.25, -0.2) is 0 Å². The molecule has 0 amide bonds. The fourth-order valence-electron chi connectivity index (χ4n) is 2.92. The third-order valence-corrected chi connectivity index (χ3v) is 4.03. The number of aryl methyl sites for hydroxylation is 1. The topological polar surface area (TPSA) is 38.0 Å². The Balaban J connectivity index is 2.35. The molecular formula is C13H22N2O. The lowest BCUT2D eigenvalue weighted by molar-refractivity contribution is -0.0692. The van der Waals surface area contributed by atoms with Crippen molar-refractivity contribution in [1.29, 1.82) is 0 Å². The van der Waals surface area contributed by atoms with Crippen LogP contribution in [-0.4, -0.2) is 14.9 Å². The first-order valence-electron chi connectivity index (χ1n) is 6.32. The van der Waals surface area contributed by atoms with E-state index in [0.29, 0.717) is 11.8 Å². The fraction of sp³-hybridized carbons (Fsp3) is 0.769. The molecule has 1 aromatic rings. The summed E-state index contributed by atoms with van der Waals surface area (Å²) < 4.78 is 1.93. The summed E-state index contributed by atoms with van der Waals surface area (Å²) in [6.45, 7) is 7.27. The van der Waals surface area contributed by atoms with Crippen LogP contribution in [0.5, 0.6) is 0 Å². The van der Waals surface area contributed by atoms with Crippen molar-refractivity contribution in [1.82, 2.24) is 9.78 Å². The molecule has 3 nitrogen and oxygen atoms in total. The van der Waals surface area contributed by atoms with Crippen LogP contribution in [0.2, 0.25) is 0 Å². The molecule has 1 N–H and O–H groups in total. The van der Waals surface area contributed by atoms with Gasteiger partial charge in [-0.15, -0.1) is 0 Å². The highest BCUT2D eigenvalue weighted by Gasteiger charge is 2.42. The van der Waals surface area contributed by atoms with Crippen molar-refractivity contribution in [3.63, 3.8) is 0 Å². The van der Waals surface area contributed by atoms with Crippen LogP contribution in [-0.2, 0) is 12.1 Å². The monoisotopic (exact) mass is 222 g/mol. The number of hydrogen-bond donors (Lipinski definition) is 1. The number of aromatic nitrogens is 2. The molecule has 0 spiro atoms. The third-order valence-electron chi connectivity index (χ3n) is 4.03. The van der Waals surface area contributed by atoms with Gasteiger partial charge in [0, 0.05) is 12.7 Å². The highest BCUT2D eigenvalue weighted by atomic mass is 16.3. The van der Waals surface area contributed by atoms with Crippen LogP contribution in [0.25, 0.3) is 0 Å². The molecule has 16 heavy (non-hydrogen) atoms. The van der Waals surface area contributed by atoms with Gasteiger partial charge in [0.05, 0.1) is 5.69 Å². The zero-order chi connectivity index (χ0) is 11.8. The fourth-order valence-corrected chi connectivity index (χ4v) is 2.92. The number of aliphatic hydroxyl groups is 1. The van der Waals surface area contributed by atoms with Gasteiger partial charge < -0.3 is 5.11 Å². The lowest BCUT2D eigenvalue weighted by Gasteiger charge is -2.41. The van der Waals surface area contributed by atoms with E-state index < -0.39 is 5.60 Å². The van der Waals surface area contributed by atoms with Crippen LogP contribution in [0.4, 0.5) is 0 Å². The van der Waals surface area contributed by atoms with Crippen LogP contribution in [0, 0.1) is 11.8 Å². The van der Waals surface area contributed by atoms with E-state index in [0.717, 1.165) is 25.1 Å². The van der Waals surface area contributed by atoms with Gasteiger partial charge in [-0.2, -0.15) is 5.10 Å². The second-order valence-corrected chi connectivity index (χ2v) is 5.24. The van der Waals surface area contributed by atoms with Gasteiger partial charge in [-0.1, -0.05) is 20.3 Å². The average molecular weight is 222 g/mol. The standard InChI is InChI=1S/C13H22N2O/c1-4-15-12(7-8-14-15)13(16)9-10(2)5-6-11(13)3/h7-8,10-11,16H,4-6,9H2,1-3H3. The summed E-state index contributed by atoms with van der Waals surface area (Å²) in [5.74, 6) is 0.923. The van der Waals surface area contributed by atoms with Crippen molar-refractivity contribution >= 4 is 0 Å². The Morgan fingerprint density at radius 3 is 2.94 bits per heavy atom. The molecule has 90 valence electrons. The first kappa shape index (κ1) is 11.6. The highest BCUT2D eigenvalue weighted by molar-refractivity contribution is 5.15. The molecule has 0 saturated heterocycles. The van der Waals surface area contributed by atoms with Crippen molar-refractivity contribution in [3.05, 3.63) is 18.0 Å². The van der Waals surface area contributed by atoms with E-state index in [2.05, 4.69) is 25.9 Å². The van der Waals surface area contributed by atoms with Gasteiger partial charge in [0.2, 0.25) is 0 Å². The number of hydrogen-bond acceptors (Lipinski definition) is 2. The van der Waals surface area contributed by atoms with E-state index in [1.807, 2.05) is 10.7 Å². The van der Waals surface area contributed by atoms with E-state index in [4.69, 9.17) is 0 Å². The van der Waals surface area contributed by atoms with E-state index >= 15 is 0 Å². The summed E-state index contributed by atoms with van der Waals surface area (Å²) in [4.78, 5) is 0. The normalized spacial score (nSPS) is 35.2. The Morgan fingerprint density at radius 1 is 1.50 bits per heavy atom. The van der Waals surface area contributed by atoms with Gasteiger partial charge >= 0.3 is 0 Å². The molecule has 1 aliphatic carbocycles. The van der Waals surface area contributed by atoms with E-state index in [1.54, 1.807) is 6.20 Å². The van der Waals surface area contributed by atoms with Crippen molar-refractivity contribution in [2.75, 3.05) is 0 Å². The average Bonchev–Trinajstić information content (AvgIpc) is 2.72. The molecule has 1 heterocycles. The quantitative estimate of drug-likeness (QED) is 0.835. The molecule has 0 bridgehead atoms. The summed E-state index contributed by atoms with van der Waals surface area (Å²) in [6, 6.07) is 1.97. The molecule has 2 rings (SSSR count). The first-order valence-corrected chi connectivity index (χ1v) is 6.32. The molecule has 0 aromatic carbocycles. The maximum atomic E-state index is 10.9. The molecule has 1 saturated carbocycles. The van der Waals surface area contributed by atoms with Crippen LogP contribution in [0.1, 0.15) is 45.7 Å². The summed E-state index contributed by atoms with van der Waals surface area (Å²) in [5.41, 5.74) is 0.318. The Morgan fingerprint density at radius 2 is 2.25 bits per heavy atom. The Kier molecular flexibility index (Phi) is 3.06. The van der Waals surface area contributed by atoms with Crippen LogP contribution >= 0.6 is 0 Å². The van der Waals surface area contributed by atoms with Crippen LogP contribution < -0.4 is 0 Å². The van der Waals surface area contributed by atoms with Crippen LogP contribution in [0.3, 0.4) is 0 Å². The van der Waals surface area contributed by atoms with E-state index in [1.165, 1.54) is 6.42 Å². The molecule has 1 aliphatic rings. The van der Waals surface area contributed by atoms with Gasteiger partial charge in [0.15, 0.2) is 0 Å². The molecule has 3 heteroatoms. The van der Waals surface area contributed by atoms with Gasteiger partial charge in [-0.3, -0.25) is 4.68 Å². The summed E-state index contributed by atoms with van der Waals surface area (Å²) in [5, 5.41) is 15.2. The van der Waals surface area contributed by atoms with Gasteiger partial charge in [0.25, 0.3) is 0 Å². The molecular weight excluding hydrogens is 200 g/mol. The van der Waals surface area contributed by atoms with Gasteiger partial charge in [0.1, 0.15) is 5.60 Å². The minimum absolute atomic E-state index is 0.325. The predicted molar refractivity (Wildman–Crippen MR) is 64.0 cm³/mol. The Hall–Kier alpha value is -0.830. The van der Waals surface area contributed by atoms with Crippen molar-refractivity contribution in [2.45, 2.75) is 52.2 Å². The second kappa shape index (κ2) is 4.21. The highest BCUT2D eigenvalue weighted by Crippen LogP contribution is 2.43. The van der Waals surface area contributed by atoms with Crippen molar-refractivity contribution in [2.24, 2.45) is 11.8 Å². The predicted octanol–water partition coefficient (Wildman–Crippen LogP) is 2.55. The van der Waals surface area contributed by atoms with Crippen LogP contribution in [0.15, 0.2) is 12.3 Å². The molecule has 1 aromatic heterocycles. The van der Waals surface area contributed by atoms with Gasteiger partial charge in [-0.05, 0) is 37.7 Å². The molecule has 0 aliphatic heterocycles. The minimum atomic E-state index is -0.676. The lowest BCUT2D eigenvalue weighted by atomic mass is 9.70. The van der Waals surface area contributed by atoms with E-state index in [9.17, 15) is 5.11 Å². The molecule has 1 fully saturated rings. The maximum absolute atomic E-state index is 10.9. The Bertz CT molecular complexity index is 361. The number of rotatable bonds is 2. The minimum Gasteiger partial charge on any atom is -0.383 e. The Labute approximate surface area is 97.5 Å². The molecule has 3 atom stereocenters. The summed E-state index contributed by atoms with van der Waals surface area (Å²) in [7, 11) is 0. The zero-order valence-electron chi connectivity index (χ0n) is 10.5.